The number of carbonyl (C=O) groups excluding carboxylic acids is 3. The number of anilines is 2. The molecule has 4 amide bonds. The Morgan fingerprint density at radius 1 is 1.05 bits per heavy atom. The maximum atomic E-state index is 13.0. The molecule has 0 unspecified atom stereocenters. The van der Waals surface area contributed by atoms with E-state index in [0.717, 1.165) is 12.8 Å². The molecule has 1 aromatic heterocycles. The summed E-state index contributed by atoms with van der Waals surface area (Å²) < 4.78 is 11.4. The third-order valence-corrected chi connectivity index (χ3v) is 6.17. The molecule has 2 aliphatic rings. The largest absolute Gasteiger partial charge is 0.453 e. The fourth-order valence-corrected chi connectivity index (χ4v) is 4.01. The van der Waals surface area contributed by atoms with Gasteiger partial charge in [0.15, 0.2) is 11.6 Å². The van der Waals surface area contributed by atoms with E-state index in [2.05, 4.69) is 20.9 Å². The number of urea groups is 1. The third kappa shape index (κ3) is 7.72. The second-order valence-electron chi connectivity index (χ2n) is 10.2. The monoisotopic (exact) mass is 529 g/mol. The first-order chi connectivity index (χ1) is 17.6. The molecule has 2 aromatic rings. The van der Waals surface area contributed by atoms with Gasteiger partial charge in [-0.05, 0) is 70.7 Å². The van der Waals surface area contributed by atoms with Crippen molar-refractivity contribution in [2.75, 3.05) is 23.7 Å². The van der Waals surface area contributed by atoms with Gasteiger partial charge in [-0.1, -0.05) is 11.6 Å². The number of piperidine rings is 1. The van der Waals surface area contributed by atoms with Crippen LogP contribution in [0.15, 0.2) is 36.5 Å². The predicted molar refractivity (Wildman–Crippen MR) is 140 cm³/mol. The van der Waals surface area contributed by atoms with Gasteiger partial charge < -0.3 is 30.3 Å². The van der Waals surface area contributed by atoms with Crippen LogP contribution in [0, 0.1) is 5.92 Å². The van der Waals surface area contributed by atoms with Crippen molar-refractivity contribution in [2.45, 2.75) is 58.1 Å². The first kappa shape index (κ1) is 26.5. The zero-order valence-corrected chi connectivity index (χ0v) is 21.9. The van der Waals surface area contributed by atoms with Crippen LogP contribution < -0.4 is 20.7 Å². The average Bonchev–Trinajstić information content (AvgIpc) is 3.65. The van der Waals surface area contributed by atoms with Gasteiger partial charge in [-0.15, -0.1) is 0 Å². The lowest BCUT2D eigenvalue weighted by Gasteiger charge is -2.32. The van der Waals surface area contributed by atoms with Gasteiger partial charge in [0.1, 0.15) is 11.4 Å². The van der Waals surface area contributed by atoms with Gasteiger partial charge in [0.25, 0.3) is 0 Å². The van der Waals surface area contributed by atoms with Crippen molar-refractivity contribution in [1.82, 2.24) is 15.2 Å². The number of likely N-dealkylation sites (tertiary alicyclic amines) is 1. The third-order valence-electron chi connectivity index (χ3n) is 5.86. The second kappa shape index (κ2) is 11.2. The van der Waals surface area contributed by atoms with Gasteiger partial charge in [0, 0.05) is 37.3 Å². The molecule has 37 heavy (non-hydrogen) atoms. The number of hydrogen-bond donors (Lipinski definition) is 3. The van der Waals surface area contributed by atoms with Crippen LogP contribution in [0.1, 0.15) is 46.5 Å². The minimum absolute atomic E-state index is 0.188. The Hall–Kier alpha value is -3.53. The van der Waals surface area contributed by atoms with Crippen molar-refractivity contribution in [3.63, 3.8) is 0 Å². The predicted octanol–water partition coefficient (Wildman–Crippen LogP) is 5.40. The van der Waals surface area contributed by atoms with Crippen molar-refractivity contribution < 1.29 is 23.9 Å². The van der Waals surface area contributed by atoms with E-state index in [-0.39, 0.29) is 35.8 Å². The van der Waals surface area contributed by atoms with Crippen LogP contribution in [-0.4, -0.2) is 52.6 Å². The van der Waals surface area contributed by atoms with Crippen LogP contribution in [0.3, 0.4) is 0 Å². The molecule has 1 aliphatic heterocycles. The number of pyridine rings is 1. The molecule has 1 saturated heterocycles. The first-order valence-corrected chi connectivity index (χ1v) is 12.7. The zero-order chi connectivity index (χ0) is 26.6. The molecule has 4 rings (SSSR count). The highest BCUT2D eigenvalue weighted by molar-refractivity contribution is 6.33. The molecule has 0 radical (unpaired) electrons. The van der Waals surface area contributed by atoms with Gasteiger partial charge >= 0.3 is 12.1 Å². The molecule has 1 saturated carbocycles. The average molecular weight is 530 g/mol. The summed E-state index contributed by atoms with van der Waals surface area (Å²) in [5.74, 6) is 0.601. The standard InChI is InChI=1S/C26H32ClN5O5/c1-26(2,3)37-25(35)32-13-10-16(11-14-32)23(33)31-22-21(5-4-12-28-22)36-18-8-9-20(19(27)15-18)30-24(34)29-17-6-7-17/h4-5,8-9,12,15-17H,6-7,10-11,13-14H2,1-3H3,(H,28,31,33)(H2,29,30,34). The van der Waals surface area contributed by atoms with E-state index in [1.165, 1.54) is 0 Å². The summed E-state index contributed by atoms with van der Waals surface area (Å²) in [5.41, 5.74) is -0.100. The van der Waals surface area contributed by atoms with Gasteiger partial charge in [-0.25, -0.2) is 14.6 Å². The molecule has 1 aliphatic carbocycles. The summed E-state index contributed by atoms with van der Waals surface area (Å²) >= 11 is 6.34. The van der Waals surface area contributed by atoms with Crippen LogP contribution in [0.25, 0.3) is 0 Å². The molecule has 0 spiro atoms. The maximum absolute atomic E-state index is 13.0. The fourth-order valence-electron chi connectivity index (χ4n) is 3.80. The van der Waals surface area contributed by atoms with Gasteiger partial charge in [0.05, 0.1) is 10.7 Å². The Kier molecular flexibility index (Phi) is 8.06. The highest BCUT2D eigenvalue weighted by Gasteiger charge is 2.30. The van der Waals surface area contributed by atoms with Crippen LogP contribution in [0.2, 0.25) is 5.02 Å². The van der Waals surface area contributed by atoms with Crippen molar-refractivity contribution in [3.8, 4) is 11.5 Å². The number of aromatic nitrogens is 1. The summed E-state index contributed by atoms with van der Waals surface area (Å²) in [6, 6.07) is 8.23. The van der Waals surface area contributed by atoms with Crippen molar-refractivity contribution in [3.05, 3.63) is 41.6 Å². The minimum Gasteiger partial charge on any atom is -0.453 e. The Labute approximate surface area is 221 Å². The number of nitrogens with zero attached hydrogens (tertiary/aromatic N) is 2. The topological polar surface area (TPSA) is 122 Å². The number of carbonyl (C=O) groups is 3. The summed E-state index contributed by atoms with van der Waals surface area (Å²) in [4.78, 5) is 43.1. The summed E-state index contributed by atoms with van der Waals surface area (Å²) in [6.45, 7) is 6.36. The number of halogens is 1. The Morgan fingerprint density at radius 3 is 2.43 bits per heavy atom. The summed E-state index contributed by atoms with van der Waals surface area (Å²) in [5, 5.41) is 8.73. The van der Waals surface area contributed by atoms with E-state index in [9.17, 15) is 14.4 Å². The van der Waals surface area contributed by atoms with Gasteiger partial charge in [-0.3, -0.25) is 4.79 Å². The quantitative estimate of drug-likeness (QED) is 0.460. The molecule has 2 fully saturated rings. The van der Waals surface area contributed by atoms with E-state index in [0.29, 0.717) is 48.1 Å². The molecule has 198 valence electrons. The van der Waals surface area contributed by atoms with Crippen molar-refractivity contribution >= 4 is 41.1 Å². The Morgan fingerprint density at radius 2 is 1.78 bits per heavy atom. The zero-order valence-electron chi connectivity index (χ0n) is 21.2. The van der Waals surface area contributed by atoms with Crippen LogP contribution in [-0.2, 0) is 9.53 Å². The number of benzene rings is 1. The Bertz CT molecular complexity index is 1160. The molecule has 10 nitrogen and oxygen atoms in total. The maximum Gasteiger partial charge on any atom is 0.410 e. The van der Waals surface area contributed by atoms with E-state index in [1.54, 1.807) is 41.4 Å². The minimum atomic E-state index is -0.563. The lowest BCUT2D eigenvalue weighted by Crippen LogP contribution is -2.43. The molecule has 0 bridgehead atoms. The molecule has 3 N–H and O–H groups in total. The number of hydrogen-bond acceptors (Lipinski definition) is 6. The molecule has 11 heteroatoms. The molecular weight excluding hydrogens is 498 g/mol. The second-order valence-corrected chi connectivity index (χ2v) is 10.6. The van der Waals surface area contributed by atoms with Gasteiger partial charge in [-0.2, -0.15) is 0 Å². The van der Waals surface area contributed by atoms with E-state index < -0.39 is 5.60 Å². The molecule has 1 aromatic carbocycles. The normalized spacial score (nSPS) is 16.1. The highest BCUT2D eigenvalue weighted by atomic mass is 35.5. The van der Waals surface area contributed by atoms with E-state index >= 15 is 0 Å². The number of ether oxygens (including phenoxy) is 2. The van der Waals surface area contributed by atoms with Gasteiger partial charge in [0.2, 0.25) is 5.91 Å². The fraction of sp³-hybridized carbons (Fsp3) is 0.462. The van der Waals surface area contributed by atoms with Crippen molar-refractivity contribution in [1.29, 1.82) is 0 Å². The SMILES string of the molecule is CC(C)(C)OC(=O)N1CCC(C(=O)Nc2ncccc2Oc2ccc(NC(=O)NC3CC3)c(Cl)c2)CC1. The number of rotatable bonds is 6. The first-order valence-electron chi connectivity index (χ1n) is 12.4. The Balaban J connectivity index is 1.33. The molecular formula is C26H32ClN5O5. The van der Waals surface area contributed by atoms with Crippen LogP contribution in [0.4, 0.5) is 21.1 Å². The van der Waals surface area contributed by atoms with E-state index in [4.69, 9.17) is 21.1 Å². The highest BCUT2D eigenvalue weighted by Crippen LogP contribution is 2.33. The van der Waals surface area contributed by atoms with Crippen LogP contribution in [0.5, 0.6) is 11.5 Å². The lowest BCUT2D eigenvalue weighted by atomic mass is 9.96. The van der Waals surface area contributed by atoms with Crippen LogP contribution >= 0.6 is 11.6 Å². The van der Waals surface area contributed by atoms with Crippen molar-refractivity contribution in [2.24, 2.45) is 5.92 Å². The summed E-state index contributed by atoms with van der Waals surface area (Å²) in [7, 11) is 0. The molecule has 0 atom stereocenters. The molecule has 2 heterocycles. The number of nitrogens with one attached hydrogen (secondary N) is 3. The van der Waals surface area contributed by atoms with E-state index in [1.807, 2.05) is 20.8 Å². The number of amides is 4. The smallest absolute Gasteiger partial charge is 0.410 e. The lowest BCUT2D eigenvalue weighted by molar-refractivity contribution is -0.121. The summed E-state index contributed by atoms with van der Waals surface area (Å²) in [6.07, 6.45) is 4.22.